The fourth-order valence-corrected chi connectivity index (χ4v) is 3.96. The molecule has 1 heterocycles. The molecule has 1 fully saturated rings. The zero-order chi connectivity index (χ0) is 17.1. The van der Waals surface area contributed by atoms with Gasteiger partial charge in [0, 0.05) is 32.6 Å². The Hall–Kier alpha value is -1.40. The van der Waals surface area contributed by atoms with Crippen molar-refractivity contribution in [1.29, 1.82) is 0 Å². The number of hydrogen-bond donors (Lipinski definition) is 0. The molecule has 23 heavy (non-hydrogen) atoms. The molecule has 6 heteroatoms. The fraction of sp³-hybridized carbons (Fsp3) is 0.588. The van der Waals surface area contributed by atoms with Gasteiger partial charge in [-0.3, -0.25) is 4.79 Å². The number of piperazine rings is 1. The van der Waals surface area contributed by atoms with Crippen LogP contribution in [0, 0.1) is 0 Å². The van der Waals surface area contributed by atoms with Crippen molar-refractivity contribution < 1.29 is 13.2 Å². The van der Waals surface area contributed by atoms with Gasteiger partial charge < -0.3 is 4.90 Å². The molecule has 0 bridgehead atoms. The summed E-state index contributed by atoms with van der Waals surface area (Å²) < 4.78 is 25.2. The third-order valence-corrected chi connectivity index (χ3v) is 6.38. The van der Waals surface area contributed by atoms with Crippen LogP contribution in [0.15, 0.2) is 30.3 Å². The minimum Gasteiger partial charge on any atom is -0.340 e. The molecule has 1 saturated heterocycles. The van der Waals surface area contributed by atoms with E-state index in [-0.39, 0.29) is 17.1 Å². The van der Waals surface area contributed by atoms with Crippen LogP contribution in [-0.4, -0.2) is 55.5 Å². The summed E-state index contributed by atoms with van der Waals surface area (Å²) in [7, 11) is -3.15. The normalized spacial score (nSPS) is 17.3. The molecule has 128 valence electrons. The lowest BCUT2D eigenvalue weighted by Crippen LogP contribution is -2.51. The molecule has 5 nitrogen and oxygen atoms in total. The van der Waals surface area contributed by atoms with Gasteiger partial charge in [-0.05, 0) is 17.9 Å². The summed E-state index contributed by atoms with van der Waals surface area (Å²) in [4.78, 5) is 14.4. The Bertz CT molecular complexity index is 633. The third kappa shape index (κ3) is 4.32. The Morgan fingerprint density at radius 2 is 1.65 bits per heavy atom. The van der Waals surface area contributed by atoms with Gasteiger partial charge in [-0.2, -0.15) is 4.31 Å². The lowest BCUT2D eigenvalue weighted by atomic mass is 9.81. The van der Waals surface area contributed by atoms with Crippen molar-refractivity contribution in [2.75, 3.05) is 31.9 Å². The van der Waals surface area contributed by atoms with Crippen molar-refractivity contribution in [1.82, 2.24) is 9.21 Å². The van der Waals surface area contributed by atoms with Crippen LogP contribution < -0.4 is 0 Å². The summed E-state index contributed by atoms with van der Waals surface area (Å²) in [5.74, 6) is 0.203. The van der Waals surface area contributed by atoms with E-state index in [1.54, 1.807) is 11.8 Å². The fourth-order valence-electron chi connectivity index (χ4n) is 2.88. The van der Waals surface area contributed by atoms with Gasteiger partial charge in [-0.15, -0.1) is 0 Å². The number of sulfonamides is 1. The average molecular weight is 338 g/mol. The number of rotatable bonds is 5. The predicted molar refractivity (Wildman–Crippen MR) is 91.7 cm³/mol. The smallest absolute Gasteiger partial charge is 0.223 e. The van der Waals surface area contributed by atoms with Crippen molar-refractivity contribution >= 4 is 15.9 Å². The van der Waals surface area contributed by atoms with Gasteiger partial charge in [-0.25, -0.2) is 8.42 Å². The highest BCUT2D eigenvalue weighted by Crippen LogP contribution is 2.27. The molecule has 0 radical (unpaired) electrons. The van der Waals surface area contributed by atoms with Gasteiger partial charge in [0.05, 0.1) is 5.75 Å². The van der Waals surface area contributed by atoms with Gasteiger partial charge in [0.2, 0.25) is 15.9 Å². The van der Waals surface area contributed by atoms with Gasteiger partial charge in [0.15, 0.2) is 0 Å². The van der Waals surface area contributed by atoms with E-state index in [2.05, 4.69) is 13.8 Å². The minimum absolute atomic E-state index is 0.0902. The summed E-state index contributed by atoms with van der Waals surface area (Å²) in [6, 6.07) is 10.0. The number of carbonyl (C=O) groups is 1. The Kier molecular flexibility index (Phi) is 5.47. The first-order valence-electron chi connectivity index (χ1n) is 8.07. The number of nitrogens with zero attached hydrogens (tertiary/aromatic N) is 2. The van der Waals surface area contributed by atoms with Crippen LogP contribution in [0.25, 0.3) is 0 Å². The highest BCUT2D eigenvalue weighted by Gasteiger charge is 2.31. The van der Waals surface area contributed by atoms with Crippen LogP contribution in [-0.2, 0) is 20.2 Å². The molecule has 1 aliphatic rings. The Balaban J connectivity index is 1.96. The second kappa shape index (κ2) is 7.01. The van der Waals surface area contributed by atoms with E-state index < -0.39 is 10.0 Å². The zero-order valence-corrected chi connectivity index (χ0v) is 15.0. The number of hydrogen-bond acceptors (Lipinski definition) is 3. The van der Waals surface area contributed by atoms with E-state index in [4.69, 9.17) is 0 Å². The van der Waals surface area contributed by atoms with Crippen molar-refractivity contribution in [3.05, 3.63) is 35.9 Å². The molecule has 1 amide bonds. The van der Waals surface area contributed by atoms with Crippen molar-refractivity contribution in [2.24, 2.45) is 0 Å². The van der Waals surface area contributed by atoms with Crippen molar-refractivity contribution in [3.63, 3.8) is 0 Å². The second-order valence-corrected chi connectivity index (χ2v) is 8.86. The highest BCUT2D eigenvalue weighted by molar-refractivity contribution is 7.89. The van der Waals surface area contributed by atoms with Crippen molar-refractivity contribution in [3.8, 4) is 0 Å². The van der Waals surface area contributed by atoms with E-state index in [0.717, 1.165) is 5.56 Å². The van der Waals surface area contributed by atoms with Gasteiger partial charge in [-0.1, -0.05) is 44.2 Å². The van der Waals surface area contributed by atoms with Crippen LogP contribution in [0.2, 0.25) is 0 Å². The van der Waals surface area contributed by atoms with Gasteiger partial charge in [0.1, 0.15) is 0 Å². The summed E-state index contributed by atoms with van der Waals surface area (Å²) in [6.45, 7) is 7.53. The molecule has 0 spiro atoms. The predicted octanol–water partition coefficient (Wildman–Crippen LogP) is 1.85. The first kappa shape index (κ1) is 17.9. The number of amides is 1. The third-order valence-electron chi connectivity index (χ3n) is 4.50. The number of carbonyl (C=O) groups excluding carboxylic acids is 1. The maximum atomic E-state index is 12.6. The van der Waals surface area contributed by atoms with Crippen molar-refractivity contribution in [2.45, 2.75) is 32.6 Å². The molecule has 0 N–H and O–H groups in total. The molecule has 1 aromatic rings. The largest absolute Gasteiger partial charge is 0.340 e. The van der Waals surface area contributed by atoms with E-state index in [1.807, 2.05) is 30.3 Å². The molecule has 0 aliphatic carbocycles. The maximum absolute atomic E-state index is 12.6. The molecule has 1 aromatic carbocycles. The molecule has 0 saturated carbocycles. The van der Waals surface area contributed by atoms with Crippen LogP contribution in [0.4, 0.5) is 0 Å². The monoisotopic (exact) mass is 338 g/mol. The standard InChI is InChI=1S/C17H26N2O3S/c1-4-23(21,22)19-12-10-18(11-13-19)16(20)14-17(2,3)15-8-6-5-7-9-15/h5-9H,4,10-14H2,1-3H3. The average Bonchev–Trinajstić information content (AvgIpc) is 2.55. The van der Waals surface area contributed by atoms with E-state index in [0.29, 0.717) is 32.6 Å². The molecule has 0 aromatic heterocycles. The molecule has 0 atom stereocenters. The summed E-state index contributed by atoms with van der Waals surface area (Å²) in [6.07, 6.45) is 0.428. The Morgan fingerprint density at radius 1 is 1.09 bits per heavy atom. The molecule has 1 aliphatic heterocycles. The summed E-state index contributed by atoms with van der Waals surface area (Å²) >= 11 is 0. The molecular formula is C17H26N2O3S. The topological polar surface area (TPSA) is 57.7 Å². The van der Waals surface area contributed by atoms with E-state index >= 15 is 0 Å². The van der Waals surface area contributed by atoms with Crippen LogP contribution in [0.5, 0.6) is 0 Å². The highest BCUT2D eigenvalue weighted by atomic mass is 32.2. The lowest BCUT2D eigenvalue weighted by Gasteiger charge is -2.35. The van der Waals surface area contributed by atoms with E-state index in [9.17, 15) is 13.2 Å². The molecular weight excluding hydrogens is 312 g/mol. The zero-order valence-electron chi connectivity index (χ0n) is 14.2. The van der Waals surface area contributed by atoms with Gasteiger partial charge in [0.25, 0.3) is 0 Å². The first-order chi connectivity index (χ1) is 10.8. The lowest BCUT2D eigenvalue weighted by molar-refractivity contribution is -0.133. The molecule has 2 rings (SSSR count). The van der Waals surface area contributed by atoms with Crippen LogP contribution in [0.3, 0.4) is 0 Å². The second-order valence-electron chi connectivity index (χ2n) is 6.61. The number of benzene rings is 1. The Labute approximate surface area is 139 Å². The Morgan fingerprint density at radius 3 is 2.17 bits per heavy atom. The maximum Gasteiger partial charge on any atom is 0.223 e. The quantitative estimate of drug-likeness (QED) is 0.823. The van der Waals surface area contributed by atoms with Crippen LogP contribution >= 0.6 is 0 Å². The van der Waals surface area contributed by atoms with E-state index in [1.165, 1.54) is 4.31 Å². The molecule has 0 unspecified atom stereocenters. The summed E-state index contributed by atoms with van der Waals surface area (Å²) in [5, 5.41) is 0. The SMILES string of the molecule is CCS(=O)(=O)N1CCN(C(=O)CC(C)(C)c2ccccc2)CC1. The minimum atomic E-state index is -3.15. The van der Waals surface area contributed by atoms with Gasteiger partial charge >= 0.3 is 0 Å². The summed E-state index contributed by atoms with van der Waals surface area (Å²) in [5.41, 5.74) is 0.908. The first-order valence-corrected chi connectivity index (χ1v) is 9.68. The van der Waals surface area contributed by atoms with Crippen LogP contribution in [0.1, 0.15) is 32.8 Å².